The first kappa shape index (κ1) is 16.7. The van der Waals surface area contributed by atoms with Gasteiger partial charge in [-0.25, -0.2) is 8.42 Å². The van der Waals surface area contributed by atoms with E-state index in [1.807, 2.05) is 32.1 Å². The van der Waals surface area contributed by atoms with E-state index >= 15 is 0 Å². The smallest absolute Gasteiger partial charge is 0.181 e. The molecular weight excluding hydrogens is 268 g/mol. The molecule has 0 aliphatic rings. The quantitative estimate of drug-likeness (QED) is 0.725. The lowest BCUT2D eigenvalue weighted by Crippen LogP contribution is -2.05. The van der Waals surface area contributed by atoms with Crippen molar-refractivity contribution in [1.29, 1.82) is 0 Å². The number of rotatable bonds is 6. The number of hydrogen-bond acceptors (Lipinski definition) is 2. The fourth-order valence-electron chi connectivity index (χ4n) is 1.78. The Morgan fingerprint density at radius 2 is 1.65 bits per heavy atom. The Labute approximate surface area is 123 Å². The minimum absolute atomic E-state index is 0.0801. The summed E-state index contributed by atoms with van der Waals surface area (Å²) in [6.45, 7) is 8.08. The van der Waals surface area contributed by atoms with Gasteiger partial charge in [0.15, 0.2) is 9.84 Å². The fourth-order valence-corrected chi connectivity index (χ4v) is 3.03. The summed E-state index contributed by atoms with van der Waals surface area (Å²) in [4.78, 5) is 0.399. The molecule has 0 unspecified atom stereocenters. The Hall–Kier alpha value is -1.35. The normalized spacial score (nSPS) is 12.3. The van der Waals surface area contributed by atoms with Crippen molar-refractivity contribution in [1.82, 2.24) is 0 Å². The van der Waals surface area contributed by atoms with Crippen LogP contribution >= 0.6 is 0 Å². The third-order valence-electron chi connectivity index (χ3n) is 3.12. The second-order valence-electron chi connectivity index (χ2n) is 5.47. The average Bonchev–Trinajstić information content (AvgIpc) is 2.36. The van der Waals surface area contributed by atoms with Crippen LogP contribution in [0.1, 0.15) is 39.2 Å². The van der Waals surface area contributed by atoms with E-state index in [2.05, 4.69) is 19.9 Å². The van der Waals surface area contributed by atoms with Crippen LogP contribution in [0.2, 0.25) is 0 Å². The molecule has 0 amide bonds. The van der Waals surface area contributed by atoms with Crippen LogP contribution < -0.4 is 0 Å². The van der Waals surface area contributed by atoms with E-state index in [1.54, 1.807) is 12.1 Å². The van der Waals surface area contributed by atoms with Crippen molar-refractivity contribution in [3.8, 4) is 0 Å². The first-order chi connectivity index (χ1) is 9.31. The Kier molecular flexibility index (Phi) is 6.21. The predicted octanol–water partition coefficient (Wildman–Crippen LogP) is 4.46. The number of benzene rings is 1. The molecule has 0 bridgehead atoms. The third-order valence-corrected chi connectivity index (χ3v) is 4.72. The minimum atomic E-state index is -3.21. The summed E-state index contributed by atoms with van der Waals surface area (Å²) in [5.74, 6) is 0.0801. The van der Waals surface area contributed by atoms with Gasteiger partial charge in [-0.3, -0.25) is 0 Å². The summed E-state index contributed by atoms with van der Waals surface area (Å²) in [7, 11) is -3.21. The van der Waals surface area contributed by atoms with Crippen LogP contribution in [0.15, 0.2) is 52.5 Å². The molecule has 0 aliphatic heterocycles. The van der Waals surface area contributed by atoms with E-state index in [9.17, 15) is 8.42 Å². The van der Waals surface area contributed by atoms with Gasteiger partial charge in [-0.1, -0.05) is 41.0 Å². The van der Waals surface area contributed by atoms with Crippen molar-refractivity contribution < 1.29 is 8.42 Å². The van der Waals surface area contributed by atoms with Crippen molar-refractivity contribution in [2.24, 2.45) is 0 Å². The Morgan fingerprint density at radius 3 is 2.20 bits per heavy atom. The molecule has 1 aromatic carbocycles. The van der Waals surface area contributed by atoms with Gasteiger partial charge in [0, 0.05) is 0 Å². The van der Waals surface area contributed by atoms with E-state index in [0.717, 1.165) is 24.0 Å². The second kappa shape index (κ2) is 7.44. The van der Waals surface area contributed by atoms with Crippen molar-refractivity contribution in [2.75, 3.05) is 5.75 Å². The summed E-state index contributed by atoms with van der Waals surface area (Å²) in [5.41, 5.74) is 3.49. The van der Waals surface area contributed by atoms with Crippen molar-refractivity contribution >= 4 is 9.84 Å². The summed E-state index contributed by atoms with van der Waals surface area (Å²) in [5, 5.41) is 0. The maximum atomic E-state index is 12.2. The minimum Gasteiger partial charge on any atom is -0.223 e. The van der Waals surface area contributed by atoms with Crippen LogP contribution in [0.5, 0.6) is 0 Å². The Morgan fingerprint density at radius 1 is 1.05 bits per heavy atom. The van der Waals surface area contributed by atoms with E-state index in [1.165, 1.54) is 5.57 Å². The van der Waals surface area contributed by atoms with Crippen molar-refractivity contribution in [2.45, 2.75) is 45.4 Å². The molecule has 0 atom stereocenters. The number of sulfone groups is 1. The van der Waals surface area contributed by atoms with Crippen LogP contribution in [-0.4, -0.2) is 14.2 Å². The summed E-state index contributed by atoms with van der Waals surface area (Å²) < 4.78 is 24.3. The summed E-state index contributed by atoms with van der Waals surface area (Å²) >= 11 is 0. The van der Waals surface area contributed by atoms with Gasteiger partial charge < -0.3 is 0 Å². The molecule has 0 saturated carbocycles. The molecule has 3 heteroatoms. The van der Waals surface area contributed by atoms with Gasteiger partial charge in [0.1, 0.15) is 0 Å². The summed E-state index contributed by atoms with van der Waals surface area (Å²) in [6.07, 6.45) is 5.88. The van der Waals surface area contributed by atoms with Crippen molar-refractivity contribution in [3.05, 3.63) is 53.1 Å². The monoisotopic (exact) mass is 292 g/mol. The van der Waals surface area contributed by atoms with Crippen LogP contribution in [0.25, 0.3) is 0 Å². The number of aryl methyl sites for hydroxylation is 1. The molecule has 110 valence electrons. The molecule has 0 aromatic heterocycles. The highest BCUT2D eigenvalue weighted by Gasteiger charge is 2.12. The molecule has 0 aliphatic carbocycles. The highest BCUT2D eigenvalue weighted by molar-refractivity contribution is 7.91. The van der Waals surface area contributed by atoms with E-state index in [4.69, 9.17) is 0 Å². The maximum absolute atomic E-state index is 12.2. The lowest BCUT2D eigenvalue weighted by molar-refractivity contribution is 0.599. The first-order valence-electron chi connectivity index (χ1n) is 6.89. The molecule has 2 nitrogen and oxygen atoms in total. The zero-order valence-corrected chi connectivity index (χ0v) is 13.6. The van der Waals surface area contributed by atoms with Gasteiger partial charge in [0.05, 0.1) is 10.6 Å². The zero-order chi connectivity index (χ0) is 15.2. The predicted molar refractivity (Wildman–Crippen MR) is 85.7 cm³/mol. The molecule has 0 radical (unpaired) electrons. The van der Waals surface area contributed by atoms with Gasteiger partial charge in [-0.05, 0) is 52.7 Å². The van der Waals surface area contributed by atoms with Gasteiger partial charge >= 0.3 is 0 Å². The lowest BCUT2D eigenvalue weighted by Gasteiger charge is -2.03. The van der Waals surface area contributed by atoms with Gasteiger partial charge in [-0.15, -0.1) is 0 Å². The van der Waals surface area contributed by atoms with Crippen LogP contribution in [0.4, 0.5) is 0 Å². The largest absolute Gasteiger partial charge is 0.223 e. The van der Waals surface area contributed by atoms with Gasteiger partial charge in [0.25, 0.3) is 0 Å². The lowest BCUT2D eigenvalue weighted by atomic mass is 10.1. The summed E-state index contributed by atoms with van der Waals surface area (Å²) in [6, 6.07) is 7.02. The standard InChI is InChI=1S/C17H24O2S/c1-14(2)6-5-7-15(3)12-13-20(18,19)17-10-8-16(4)9-11-17/h6,8-12H,5,7,13H2,1-4H3. The maximum Gasteiger partial charge on any atom is 0.181 e. The van der Waals surface area contributed by atoms with Crippen LogP contribution in [-0.2, 0) is 9.84 Å². The molecule has 0 fully saturated rings. The van der Waals surface area contributed by atoms with Crippen molar-refractivity contribution in [3.63, 3.8) is 0 Å². The zero-order valence-electron chi connectivity index (χ0n) is 12.8. The highest BCUT2D eigenvalue weighted by atomic mass is 32.2. The Balaban J connectivity index is 2.67. The van der Waals surface area contributed by atoms with E-state index in [0.29, 0.717) is 4.90 Å². The average molecular weight is 292 g/mol. The van der Waals surface area contributed by atoms with Crippen LogP contribution in [0.3, 0.4) is 0 Å². The molecule has 0 saturated heterocycles. The first-order valence-corrected chi connectivity index (χ1v) is 8.55. The second-order valence-corrected chi connectivity index (χ2v) is 7.50. The van der Waals surface area contributed by atoms with Crippen LogP contribution in [0, 0.1) is 6.92 Å². The number of allylic oxidation sites excluding steroid dienone is 3. The fraction of sp³-hybridized carbons (Fsp3) is 0.412. The molecule has 0 heterocycles. The highest BCUT2D eigenvalue weighted by Crippen LogP contribution is 2.14. The van der Waals surface area contributed by atoms with E-state index < -0.39 is 9.84 Å². The Bertz CT molecular complexity index is 586. The molecule has 1 rings (SSSR count). The van der Waals surface area contributed by atoms with Gasteiger partial charge in [-0.2, -0.15) is 0 Å². The molecule has 0 N–H and O–H groups in total. The SMILES string of the molecule is CC(C)=CCCC(C)=CCS(=O)(=O)c1ccc(C)cc1. The molecular formula is C17H24O2S. The molecule has 0 spiro atoms. The molecule has 1 aromatic rings. The topological polar surface area (TPSA) is 34.1 Å². The third kappa shape index (κ3) is 5.74. The molecule has 20 heavy (non-hydrogen) atoms. The number of hydrogen-bond donors (Lipinski definition) is 0. The van der Waals surface area contributed by atoms with E-state index in [-0.39, 0.29) is 5.75 Å². The van der Waals surface area contributed by atoms with Gasteiger partial charge in [0.2, 0.25) is 0 Å².